The van der Waals surface area contributed by atoms with Crippen LogP contribution < -0.4 is 5.32 Å². The quantitative estimate of drug-likeness (QED) is 0.452. The van der Waals surface area contributed by atoms with Gasteiger partial charge >= 0.3 is 5.97 Å². The summed E-state index contributed by atoms with van der Waals surface area (Å²) in [5.41, 5.74) is 0.814. The lowest BCUT2D eigenvalue weighted by molar-refractivity contribution is -0.132. The number of aromatic nitrogens is 1. The van der Waals surface area contributed by atoms with E-state index in [0.29, 0.717) is 9.90 Å². The third-order valence-corrected chi connectivity index (χ3v) is 5.14. The van der Waals surface area contributed by atoms with Crippen LogP contribution in [0.5, 0.6) is 0 Å². The Bertz CT molecular complexity index is 1030. The molecule has 0 saturated heterocycles. The van der Waals surface area contributed by atoms with Gasteiger partial charge in [-0.3, -0.25) is 4.79 Å². The molecule has 3 aromatic rings. The van der Waals surface area contributed by atoms with Gasteiger partial charge in [-0.15, -0.1) is 11.3 Å². The van der Waals surface area contributed by atoms with Crippen LogP contribution in [0.25, 0.3) is 16.5 Å². The molecule has 2 N–H and O–H groups in total. The second-order valence-electron chi connectivity index (χ2n) is 5.37. The van der Waals surface area contributed by atoms with Gasteiger partial charge in [0.25, 0.3) is 5.91 Å². The van der Waals surface area contributed by atoms with E-state index in [0.717, 1.165) is 10.4 Å². The van der Waals surface area contributed by atoms with Crippen LogP contribution in [0.3, 0.4) is 0 Å². The van der Waals surface area contributed by atoms with Crippen molar-refractivity contribution < 1.29 is 14.7 Å². The Labute approximate surface area is 168 Å². The molecule has 0 bridgehead atoms. The Morgan fingerprint density at radius 3 is 2.52 bits per heavy atom. The molecule has 0 aliphatic carbocycles. The van der Waals surface area contributed by atoms with Gasteiger partial charge in [-0.25, -0.2) is 9.78 Å². The van der Waals surface area contributed by atoms with Gasteiger partial charge in [0.05, 0.1) is 5.56 Å². The van der Waals surface area contributed by atoms with Crippen LogP contribution >= 0.6 is 34.5 Å². The molecule has 0 radical (unpaired) electrons. The number of benzene rings is 1. The van der Waals surface area contributed by atoms with Gasteiger partial charge in [-0.2, -0.15) is 0 Å². The van der Waals surface area contributed by atoms with Crippen LogP contribution in [-0.2, 0) is 4.79 Å². The van der Waals surface area contributed by atoms with Crippen molar-refractivity contribution in [3.8, 4) is 10.4 Å². The number of pyridine rings is 1. The molecule has 3 rings (SSSR count). The molecule has 136 valence electrons. The minimum atomic E-state index is -1.25. The number of hydrogen-bond acceptors (Lipinski definition) is 4. The number of carbonyl (C=O) groups excluding carboxylic acids is 1. The summed E-state index contributed by atoms with van der Waals surface area (Å²) in [6.07, 6.45) is 2.67. The molecule has 5 nitrogen and oxygen atoms in total. The zero-order valence-electron chi connectivity index (χ0n) is 13.6. The van der Waals surface area contributed by atoms with Gasteiger partial charge in [0.1, 0.15) is 10.9 Å². The van der Waals surface area contributed by atoms with E-state index in [9.17, 15) is 14.7 Å². The Kier molecular flexibility index (Phi) is 5.91. The summed E-state index contributed by atoms with van der Waals surface area (Å²) in [7, 11) is 0. The average molecular weight is 419 g/mol. The molecule has 0 fully saturated rings. The predicted octanol–water partition coefficient (Wildman–Crippen LogP) is 4.97. The topological polar surface area (TPSA) is 79.3 Å². The number of aliphatic carboxylic acids is 1. The van der Waals surface area contributed by atoms with Crippen molar-refractivity contribution in [3.63, 3.8) is 0 Å². The summed E-state index contributed by atoms with van der Waals surface area (Å²) in [5.74, 6) is -1.84. The number of carbonyl (C=O) groups is 2. The average Bonchev–Trinajstić information content (AvgIpc) is 3.10. The largest absolute Gasteiger partial charge is 0.477 e. The zero-order chi connectivity index (χ0) is 19.4. The third-order valence-electron chi connectivity index (χ3n) is 3.52. The maximum atomic E-state index is 12.2. The van der Waals surface area contributed by atoms with E-state index in [1.165, 1.54) is 35.7 Å². The monoisotopic (exact) mass is 418 g/mol. The van der Waals surface area contributed by atoms with E-state index in [1.807, 2.05) is 24.3 Å². The Hall–Kier alpha value is -2.67. The summed E-state index contributed by atoms with van der Waals surface area (Å²) < 4.78 is 0. The molecule has 2 aromatic heterocycles. The molecule has 2 heterocycles. The Balaban J connectivity index is 1.84. The first-order valence-electron chi connectivity index (χ1n) is 7.66. The Morgan fingerprint density at radius 1 is 1.07 bits per heavy atom. The summed E-state index contributed by atoms with van der Waals surface area (Å²) in [6.45, 7) is 0. The summed E-state index contributed by atoms with van der Waals surface area (Å²) in [6, 6.07) is 13.9. The predicted molar refractivity (Wildman–Crippen MR) is 107 cm³/mol. The maximum absolute atomic E-state index is 12.2. The number of rotatable bonds is 5. The number of carboxylic acid groups (broad SMARTS) is 1. The number of halogens is 2. The van der Waals surface area contributed by atoms with Crippen LogP contribution in [-0.4, -0.2) is 22.0 Å². The summed E-state index contributed by atoms with van der Waals surface area (Å²) in [4.78, 5) is 29.1. The van der Waals surface area contributed by atoms with Crippen molar-refractivity contribution >= 4 is 52.5 Å². The van der Waals surface area contributed by atoms with Crippen molar-refractivity contribution in [2.24, 2.45) is 0 Å². The maximum Gasteiger partial charge on any atom is 0.352 e. The molecule has 0 saturated carbocycles. The van der Waals surface area contributed by atoms with Gasteiger partial charge < -0.3 is 10.4 Å². The first-order chi connectivity index (χ1) is 12.9. The fourth-order valence-corrected chi connectivity index (χ4v) is 3.63. The molecule has 0 spiro atoms. The smallest absolute Gasteiger partial charge is 0.352 e. The molecule has 0 atom stereocenters. The molecule has 27 heavy (non-hydrogen) atoms. The van der Waals surface area contributed by atoms with E-state index < -0.39 is 11.9 Å². The van der Waals surface area contributed by atoms with Crippen molar-refractivity contribution in [2.75, 3.05) is 0 Å². The summed E-state index contributed by atoms with van der Waals surface area (Å²) in [5, 5.41) is 12.6. The molecule has 0 unspecified atom stereocenters. The second kappa shape index (κ2) is 8.35. The Morgan fingerprint density at radius 2 is 1.85 bits per heavy atom. The van der Waals surface area contributed by atoms with Crippen LogP contribution in [0.2, 0.25) is 10.2 Å². The lowest BCUT2D eigenvalue weighted by atomic mass is 10.2. The van der Waals surface area contributed by atoms with Crippen molar-refractivity contribution in [2.45, 2.75) is 0 Å². The fourth-order valence-electron chi connectivity index (χ4n) is 2.23. The van der Waals surface area contributed by atoms with Crippen LogP contribution in [0.4, 0.5) is 0 Å². The molecule has 1 amide bonds. The highest BCUT2D eigenvalue weighted by atomic mass is 35.5. The van der Waals surface area contributed by atoms with Crippen molar-refractivity contribution in [3.05, 3.63) is 81.0 Å². The van der Waals surface area contributed by atoms with Crippen LogP contribution in [0.15, 0.2) is 60.4 Å². The minimum Gasteiger partial charge on any atom is -0.477 e. The number of nitrogens with zero attached hydrogens (tertiary/aromatic N) is 1. The normalized spacial score (nSPS) is 11.3. The number of carboxylic acids is 1. The van der Waals surface area contributed by atoms with Gasteiger partial charge in [0.15, 0.2) is 0 Å². The van der Waals surface area contributed by atoms with E-state index in [1.54, 1.807) is 12.1 Å². The van der Waals surface area contributed by atoms with Crippen molar-refractivity contribution in [1.29, 1.82) is 0 Å². The van der Waals surface area contributed by atoms with Gasteiger partial charge in [-0.1, -0.05) is 41.4 Å². The zero-order valence-corrected chi connectivity index (χ0v) is 16.0. The van der Waals surface area contributed by atoms with E-state index in [4.69, 9.17) is 23.2 Å². The number of nitrogens with one attached hydrogen (secondary N) is 1. The molecular weight excluding hydrogens is 407 g/mol. The van der Waals surface area contributed by atoms with E-state index >= 15 is 0 Å². The number of amides is 1. The van der Waals surface area contributed by atoms with E-state index in [-0.39, 0.29) is 16.4 Å². The van der Waals surface area contributed by atoms with Gasteiger partial charge in [-0.05, 0) is 36.4 Å². The molecule has 0 aliphatic heterocycles. The third kappa shape index (κ3) is 4.74. The number of hydrogen-bond donors (Lipinski definition) is 2. The second-order valence-corrected chi connectivity index (χ2v) is 7.28. The lowest BCUT2D eigenvalue weighted by Gasteiger charge is -2.05. The first kappa shape index (κ1) is 19.1. The molecular formula is C19H12Cl2N2O3S. The number of thiophene rings is 1. The van der Waals surface area contributed by atoms with Gasteiger partial charge in [0, 0.05) is 26.5 Å². The molecule has 0 aliphatic rings. The van der Waals surface area contributed by atoms with Crippen molar-refractivity contribution in [1.82, 2.24) is 10.3 Å². The highest BCUT2D eigenvalue weighted by Crippen LogP contribution is 2.33. The van der Waals surface area contributed by atoms with E-state index in [2.05, 4.69) is 10.3 Å². The SMILES string of the molecule is O=C(O)C(=Cc1ccc(-c2ccccc2Cl)s1)NC(=O)c1ccc(Cl)nc1. The highest BCUT2D eigenvalue weighted by Gasteiger charge is 2.15. The molecule has 8 heteroatoms. The highest BCUT2D eigenvalue weighted by molar-refractivity contribution is 7.16. The van der Waals surface area contributed by atoms with Crippen LogP contribution in [0, 0.1) is 0 Å². The van der Waals surface area contributed by atoms with Gasteiger partial charge in [0.2, 0.25) is 0 Å². The van der Waals surface area contributed by atoms with Crippen LogP contribution in [0.1, 0.15) is 15.2 Å². The lowest BCUT2D eigenvalue weighted by Crippen LogP contribution is -2.27. The standard InChI is InChI=1S/C19H12Cl2N2O3S/c20-14-4-2-1-3-13(14)16-7-6-12(27-16)9-15(19(25)26)23-18(24)11-5-8-17(21)22-10-11/h1-10H,(H,23,24)(H,25,26). The first-order valence-corrected chi connectivity index (χ1v) is 9.24. The molecule has 1 aromatic carbocycles. The summed E-state index contributed by atoms with van der Waals surface area (Å²) >= 11 is 13.2. The minimum absolute atomic E-state index is 0.203. The fraction of sp³-hybridized carbons (Fsp3) is 0.